The number of carbonyl (C=O) groups excluding carboxylic acids is 2. The number of para-hydroxylation sites is 1. The van der Waals surface area contributed by atoms with Gasteiger partial charge in [-0.2, -0.15) is 0 Å². The maximum Gasteiger partial charge on any atom is 0.337 e. The summed E-state index contributed by atoms with van der Waals surface area (Å²) in [7, 11) is 1.27. The van der Waals surface area contributed by atoms with Gasteiger partial charge < -0.3 is 15.0 Å². The molecule has 7 nitrogen and oxygen atoms in total. The van der Waals surface area contributed by atoms with Gasteiger partial charge in [0.1, 0.15) is 10.5 Å². The van der Waals surface area contributed by atoms with Gasteiger partial charge in [-0.15, -0.1) is 0 Å². The van der Waals surface area contributed by atoms with E-state index in [1.54, 1.807) is 28.7 Å². The van der Waals surface area contributed by atoms with Crippen LogP contribution in [-0.4, -0.2) is 28.4 Å². The lowest BCUT2D eigenvalue weighted by molar-refractivity contribution is 0.0601. The fourth-order valence-electron chi connectivity index (χ4n) is 2.90. The van der Waals surface area contributed by atoms with Crippen molar-refractivity contribution in [2.75, 3.05) is 12.4 Å². The number of nitrogens with one attached hydrogen (secondary N) is 2. The molecule has 0 unspecified atom stereocenters. The SMILES string of the molecule is COC(=O)c1ccc2c(c1)c(=O)[nH]c1c(C(=O)Nc3ccccc3)sc(=S)n12. The van der Waals surface area contributed by atoms with Crippen molar-refractivity contribution in [2.24, 2.45) is 0 Å². The first-order valence-corrected chi connectivity index (χ1v) is 9.38. The number of benzene rings is 2. The van der Waals surface area contributed by atoms with Crippen LogP contribution in [-0.2, 0) is 4.74 Å². The lowest BCUT2D eigenvalue weighted by Crippen LogP contribution is -2.15. The number of ether oxygens (including phenoxy) is 1. The first-order chi connectivity index (χ1) is 13.5. The summed E-state index contributed by atoms with van der Waals surface area (Å²) in [5.74, 6) is -0.913. The number of thiazole rings is 1. The van der Waals surface area contributed by atoms with Crippen LogP contribution < -0.4 is 10.9 Å². The fourth-order valence-corrected chi connectivity index (χ4v) is 4.18. The molecule has 0 aliphatic rings. The highest BCUT2D eigenvalue weighted by molar-refractivity contribution is 7.73. The Hall–Kier alpha value is -3.30. The topological polar surface area (TPSA) is 92.7 Å². The van der Waals surface area contributed by atoms with Crippen LogP contribution in [0.2, 0.25) is 0 Å². The number of fused-ring (bicyclic) bond motifs is 3. The molecule has 0 radical (unpaired) electrons. The average molecular weight is 411 g/mol. The zero-order valence-electron chi connectivity index (χ0n) is 14.5. The normalized spacial score (nSPS) is 10.9. The summed E-state index contributed by atoms with van der Waals surface area (Å²) in [6.45, 7) is 0. The molecule has 4 rings (SSSR count). The average Bonchev–Trinajstić information content (AvgIpc) is 3.04. The highest BCUT2D eigenvalue weighted by Gasteiger charge is 2.19. The van der Waals surface area contributed by atoms with E-state index < -0.39 is 11.5 Å². The summed E-state index contributed by atoms with van der Waals surface area (Å²) in [6.07, 6.45) is 0. The van der Waals surface area contributed by atoms with Crippen LogP contribution in [0.3, 0.4) is 0 Å². The van der Waals surface area contributed by atoms with Crippen molar-refractivity contribution in [2.45, 2.75) is 0 Å². The van der Waals surface area contributed by atoms with Crippen LogP contribution in [0.15, 0.2) is 53.3 Å². The van der Waals surface area contributed by atoms with Crippen LogP contribution in [0.4, 0.5) is 5.69 Å². The molecular weight excluding hydrogens is 398 g/mol. The van der Waals surface area contributed by atoms with Gasteiger partial charge in [-0.25, -0.2) is 4.79 Å². The molecular formula is C19H13N3O4S2. The van der Waals surface area contributed by atoms with Gasteiger partial charge in [-0.3, -0.25) is 14.0 Å². The molecule has 0 fully saturated rings. The summed E-state index contributed by atoms with van der Waals surface area (Å²) in [4.78, 5) is 40.1. The van der Waals surface area contributed by atoms with E-state index in [1.165, 1.54) is 13.2 Å². The van der Waals surface area contributed by atoms with Gasteiger partial charge in [-0.05, 0) is 42.5 Å². The molecule has 140 valence electrons. The van der Waals surface area contributed by atoms with Gasteiger partial charge >= 0.3 is 5.97 Å². The van der Waals surface area contributed by atoms with Crippen LogP contribution >= 0.6 is 23.6 Å². The second-order valence-corrected chi connectivity index (χ2v) is 7.52. The van der Waals surface area contributed by atoms with Crippen molar-refractivity contribution in [3.8, 4) is 0 Å². The second-order valence-electron chi connectivity index (χ2n) is 5.88. The molecule has 0 atom stereocenters. The number of amides is 1. The molecule has 0 saturated heterocycles. The molecule has 0 aliphatic heterocycles. The van der Waals surface area contributed by atoms with Crippen molar-refractivity contribution in [3.05, 3.63) is 73.3 Å². The number of H-pyrrole nitrogens is 1. The lowest BCUT2D eigenvalue weighted by Gasteiger charge is -2.06. The summed E-state index contributed by atoms with van der Waals surface area (Å²) < 4.78 is 6.72. The molecule has 0 bridgehead atoms. The highest BCUT2D eigenvalue weighted by Crippen LogP contribution is 2.24. The number of nitrogens with zero attached hydrogens (tertiary/aromatic N) is 1. The van der Waals surface area contributed by atoms with Crippen molar-refractivity contribution in [3.63, 3.8) is 0 Å². The van der Waals surface area contributed by atoms with Gasteiger partial charge in [0.05, 0.1) is 23.6 Å². The van der Waals surface area contributed by atoms with Crippen LogP contribution in [0.1, 0.15) is 20.0 Å². The minimum Gasteiger partial charge on any atom is -0.465 e. The minimum atomic E-state index is -0.543. The van der Waals surface area contributed by atoms with E-state index in [0.717, 1.165) is 11.3 Å². The Morgan fingerprint density at radius 1 is 1.18 bits per heavy atom. The summed E-state index contributed by atoms with van der Waals surface area (Å²) >= 11 is 6.52. The fraction of sp³-hybridized carbons (Fsp3) is 0.0526. The van der Waals surface area contributed by atoms with Crippen molar-refractivity contribution in [1.82, 2.24) is 9.38 Å². The Balaban J connectivity index is 1.89. The van der Waals surface area contributed by atoms with Gasteiger partial charge in [0, 0.05) is 5.69 Å². The van der Waals surface area contributed by atoms with E-state index in [1.807, 2.05) is 18.2 Å². The smallest absolute Gasteiger partial charge is 0.337 e. The molecule has 2 N–H and O–H groups in total. The van der Waals surface area contributed by atoms with Gasteiger partial charge in [0.25, 0.3) is 11.5 Å². The Morgan fingerprint density at radius 3 is 2.64 bits per heavy atom. The third-order valence-electron chi connectivity index (χ3n) is 4.18. The molecule has 28 heavy (non-hydrogen) atoms. The maximum absolute atomic E-state index is 12.7. The number of rotatable bonds is 3. The molecule has 0 aliphatic carbocycles. The minimum absolute atomic E-state index is 0.253. The first kappa shape index (κ1) is 18.1. The second kappa shape index (κ2) is 7.02. The maximum atomic E-state index is 12.7. The summed E-state index contributed by atoms with van der Waals surface area (Å²) in [6, 6.07) is 13.6. The van der Waals surface area contributed by atoms with E-state index in [-0.39, 0.29) is 16.9 Å². The molecule has 0 saturated carbocycles. The quantitative estimate of drug-likeness (QED) is 0.397. The molecule has 4 aromatic rings. The van der Waals surface area contributed by atoms with Crippen LogP contribution in [0, 0.1) is 3.95 Å². The largest absolute Gasteiger partial charge is 0.465 e. The number of aromatic amines is 1. The van der Waals surface area contributed by atoms with Crippen LogP contribution in [0.25, 0.3) is 16.6 Å². The van der Waals surface area contributed by atoms with Crippen molar-refractivity contribution < 1.29 is 14.3 Å². The van der Waals surface area contributed by atoms with Crippen LogP contribution in [0.5, 0.6) is 0 Å². The summed E-state index contributed by atoms with van der Waals surface area (Å²) in [5.41, 5.74) is 1.28. The predicted octanol–water partition coefficient (Wildman–Crippen LogP) is 3.61. The number of carbonyl (C=O) groups is 2. The molecule has 2 aromatic heterocycles. The Bertz CT molecular complexity index is 1350. The number of esters is 1. The Labute approximate surface area is 167 Å². The standard InChI is InChI=1S/C19H13N3O4S2/c1-26-18(25)10-7-8-13-12(9-10)16(23)21-15-14(28-19(27)22(13)15)17(24)20-11-5-3-2-4-6-11/h2-9H,1H3,(H,20,24)(H,21,23). The van der Waals surface area contributed by atoms with Gasteiger partial charge in [0.15, 0.2) is 3.95 Å². The van der Waals surface area contributed by atoms with E-state index in [2.05, 4.69) is 10.3 Å². The van der Waals surface area contributed by atoms with Crippen molar-refractivity contribution >= 4 is 57.7 Å². The Morgan fingerprint density at radius 2 is 1.93 bits per heavy atom. The number of hydrogen-bond acceptors (Lipinski definition) is 6. The van der Waals surface area contributed by atoms with E-state index in [4.69, 9.17) is 17.0 Å². The monoisotopic (exact) mass is 411 g/mol. The van der Waals surface area contributed by atoms with Gasteiger partial charge in [-0.1, -0.05) is 29.5 Å². The number of hydrogen-bond donors (Lipinski definition) is 2. The third-order valence-corrected chi connectivity index (χ3v) is 5.56. The highest BCUT2D eigenvalue weighted by atomic mass is 32.1. The molecule has 2 aromatic carbocycles. The summed E-state index contributed by atoms with van der Waals surface area (Å²) in [5, 5.41) is 3.07. The van der Waals surface area contributed by atoms with Crippen molar-refractivity contribution in [1.29, 1.82) is 0 Å². The van der Waals surface area contributed by atoms with E-state index in [9.17, 15) is 14.4 Å². The van der Waals surface area contributed by atoms with E-state index >= 15 is 0 Å². The molecule has 9 heteroatoms. The predicted molar refractivity (Wildman–Crippen MR) is 110 cm³/mol. The molecule has 1 amide bonds. The van der Waals surface area contributed by atoms with E-state index in [0.29, 0.717) is 25.7 Å². The number of methoxy groups -OCH3 is 1. The zero-order valence-corrected chi connectivity index (χ0v) is 16.1. The number of anilines is 1. The zero-order chi connectivity index (χ0) is 19.8. The Kier molecular flexibility index (Phi) is 4.54. The molecule has 0 spiro atoms. The number of aromatic nitrogens is 2. The lowest BCUT2D eigenvalue weighted by atomic mass is 10.1. The first-order valence-electron chi connectivity index (χ1n) is 8.16. The van der Waals surface area contributed by atoms with Gasteiger partial charge in [0.2, 0.25) is 0 Å². The molecule has 2 heterocycles. The third kappa shape index (κ3) is 3.00.